The van der Waals surface area contributed by atoms with Gasteiger partial charge in [-0.05, 0) is 0 Å². The fourth-order valence-electron chi connectivity index (χ4n) is 0.354. The second kappa shape index (κ2) is 4.60. The molecule has 0 atom stereocenters. The molecule has 0 aromatic rings. The van der Waals surface area contributed by atoms with E-state index in [9.17, 15) is 0 Å². The average Bonchev–Trinajstić information content (AvgIpc) is 1.41. The zero-order valence-electron chi connectivity index (χ0n) is 4.12. The van der Waals surface area contributed by atoms with E-state index in [1.54, 1.807) is 0 Å². The topological polar surface area (TPSA) is 0 Å². The van der Waals surface area contributed by atoms with Crippen molar-refractivity contribution >= 4 is 17.7 Å². The van der Waals surface area contributed by atoms with Crippen LogP contribution in [0.3, 0.4) is 0 Å². The molecule has 0 fully saturated rings. The van der Waals surface area contributed by atoms with Crippen molar-refractivity contribution in [3.05, 3.63) is 0 Å². The van der Waals surface area contributed by atoms with Crippen molar-refractivity contribution in [1.82, 2.24) is 0 Å². The quantitative estimate of drug-likeness (QED) is 0.545. The van der Waals surface area contributed by atoms with Gasteiger partial charge in [-0.15, -0.1) is 0 Å². The van der Waals surface area contributed by atoms with Crippen molar-refractivity contribution in [2.75, 3.05) is 0 Å². The SMILES string of the molecule is [110Li][CH2]CCC. The number of hydrogen-bond donors (Lipinski definition) is 0. The Labute approximate surface area is 43.2 Å². The third kappa shape index (κ3) is 4.60. The van der Waals surface area contributed by atoms with Crippen molar-refractivity contribution in [3.8, 4) is 0 Å². The van der Waals surface area contributed by atoms with E-state index in [2.05, 4.69) is 24.6 Å². The van der Waals surface area contributed by atoms with Gasteiger partial charge in [0.1, 0.15) is 0 Å². The molecule has 0 spiro atoms. The third-order valence-electron chi connectivity index (χ3n) is 0.707. The fraction of sp³-hybridized carbons (Fsp3) is 1.00. The first-order chi connectivity index (χ1) is 2.41. The minimum absolute atomic E-state index is 1.34. The van der Waals surface area contributed by atoms with Crippen LogP contribution in [-0.4, -0.2) is 17.7 Å². The van der Waals surface area contributed by atoms with Crippen molar-refractivity contribution in [3.63, 3.8) is 0 Å². The normalized spacial score (nSPS) is 8.60. The first-order valence-electron chi connectivity index (χ1n) is 2.41. The predicted molar refractivity (Wildman–Crippen MR) is 25.5 cm³/mol. The van der Waals surface area contributed by atoms with Crippen molar-refractivity contribution in [2.45, 2.75) is 24.9 Å². The Bertz CT molecular complexity index is 11.1. The first-order valence-corrected chi connectivity index (χ1v) is 2.41. The van der Waals surface area contributed by atoms with Gasteiger partial charge in [0.05, 0.1) is 0 Å². The summed E-state index contributed by atoms with van der Waals surface area (Å²) in [7, 11) is 0. The molecule has 0 amide bonds. The molecule has 0 aromatic heterocycles. The molecular formula is C4H9Li. The molecule has 0 aromatic carbocycles. The van der Waals surface area contributed by atoms with E-state index in [1.807, 2.05) is 0 Å². The van der Waals surface area contributed by atoms with E-state index in [4.69, 9.17) is 0 Å². The second-order valence-electron chi connectivity index (χ2n) is 1.35. The second-order valence-corrected chi connectivity index (χ2v) is 1.35. The van der Waals surface area contributed by atoms with Crippen LogP contribution in [0.25, 0.3) is 0 Å². The Morgan fingerprint density at radius 1 is 1.60 bits per heavy atom. The summed E-state index contributed by atoms with van der Waals surface area (Å²) in [6.07, 6.45) is 2.73. The molecule has 0 radical (unpaired) electrons. The predicted octanol–water partition coefficient (Wildman–Crippen LogP) is 1.37. The Morgan fingerprint density at radius 2 is 2.20 bits per heavy atom. The summed E-state index contributed by atoms with van der Waals surface area (Å²) in [6.45, 7) is 2.21. The van der Waals surface area contributed by atoms with Crippen LogP contribution in [0.1, 0.15) is 19.8 Å². The molecule has 26 valence electrons. The van der Waals surface area contributed by atoms with Crippen LogP contribution in [0.15, 0.2) is 0 Å². The van der Waals surface area contributed by atoms with Crippen LogP contribution in [0, 0.1) is 0 Å². The number of rotatable bonds is 2. The van der Waals surface area contributed by atoms with Crippen molar-refractivity contribution < 1.29 is 0 Å². The average molecular weight is 167 g/mol. The molecule has 0 heterocycles. The standard InChI is InChI=1S/C4H9.Li/c1-3-4-2;/h1,3-4H2,2H3;/i;1+112. The van der Waals surface area contributed by atoms with Gasteiger partial charge in [0.15, 0.2) is 0 Å². The Hall–Kier alpha value is 0.597. The molecular weight excluding hydrogens is 158 g/mol. The van der Waals surface area contributed by atoms with Crippen molar-refractivity contribution in [1.29, 1.82) is 0 Å². The Morgan fingerprint density at radius 3 is 2.20 bits per heavy atom. The summed E-state index contributed by atoms with van der Waals surface area (Å²) in [5, 5.41) is 1.34. The van der Waals surface area contributed by atoms with Gasteiger partial charge in [-0.3, -0.25) is 0 Å². The molecule has 0 bridgehead atoms. The van der Waals surface area contributed by atoms with E-state index in [1.165, 1.54) is 17.9 Å². The maximum atomic E-state index is 2.21. The zero-order valence-corrected chi connectivity index (χ0v) is 4.12. The molecule has 0 nitrogen and oxygen atoms in total. The molecule has 0 saturated carbocycles. The molecule has 0 aliphatic rings. The van der Waals surface area contributed by atoms with Gasteiger partial charge in [0.2, 0.25) is 0 Å². The molecule has 0 saturated heterocycles. The maximum absolute atomic E-state index is 2.21. The van der Waals surface area contributed by atoms with Crippen LogP contribution < -0.4 is 0 Å². The summed E-state index contributed by atoms with van der Waals surface area (Å²) in [5.74, 6) is 0. The Kier molecular flexibility index (Phi) is 5.15. The van der Waals surface area contributed by atoms with Gasteiger partial charge in [-0.1, -0.05) is 0 Å². The van der Waals surface area contributed by atoms with Gasteiger partial charge in [-0.25, -0.2) is 0 Å². The van der Waals surface area contributed by atoms with E-state index in [0.717, 1.165) is 0 Å². The van der Waals surface area contributed by atoms with Gasteiger partial charge in [0.25, 0.3) is 0 Å². The van der Waals surface area contributed by atoms with E-state index in [-0.39, 0.29) is 0 Å². The summed E-state index contributed by atoms with van der Waals surface area (Å²) < 4.78 is 0. The number of unbranched alkanes of at least 4 members (excludes halogenated alkanes) is 1. The molecule has 0 unspecified atom stereocenters. The van der Waals surface area contributed by atoms with Gasteiger partial charge < -0.3 is 0 Å². The monoisotopic (exact) mass is 167 g/mol. The third-order valence-corrected chi connectivity index (χ3v) is 0.707. The van der Waals surface area contributed by atoms with Crippen LogP contribution in [0.2, 0.25) is 5.09 Å². The zero-order chi connectivity index (χ0) is 4.12. The first kappa shape index (κ1) is 5.60. The molecule has 0 N–H and O–H groups in total. The van der Waals surface area contributed by atoms with Crippen LogP contribution in [-0.2, 0) is 0 Å². The van der Waals surface area contributed by atoms with E-state index < -0.39 is 0 Å². The van der Waals surface area contributed by atoms with Crippen molar-refractivity contribution in [2.24, 2.45) is 0 Å². The fourth-order valence-corrected chi connectivity index (χ4v) is 0.354. The number of hydrogen-bond acceptors (Lipinski definition) is 0. The van der Waals surface area contributed by atoms with Gasteiger partial charge >= 0.3 is 42.6 Å². The molecule has 0 aliphatic carbocycles. The van der Waals surface area contributed by atoms with Gasteiger partial charge in [-0.2, -0.15) is 0 Å². The van der Waals surface area contributed by atoms with E-state index >= 15 is 0 Å². The minimum atomic E-state index is 1.34. The molecule has 1 heteroatoms. The molecule has 0 rings (SSSR count). The molecule has 5 heavy (non-hydrogen) atoms. The van der Waals surface area contributed by atoms with E-state index in [0.29, 0.717) is 0 Å². The summed E-state index contributed by atoms with van der Waals surface area (Å²) in [5.41, 5.74) is 0. The Balaban J connectivity index is 2.19. The van der Waals surface area contributed by atoms with Crippen LogP contribution in [0.5, 0.6) is 0 Å². The summed E-state index contributed by atoms with van der Waals surface area (Å²) >= 11 is 2.21. The van der Waals surface area contributed by atoms with Crippen LogP contribution >= 0.6 is 0 Å². The van der Waals surface area contributed by atoms with Crippen LogP contribution in [0.4, 0.5) is 0 Å². The summed E-state index contributed by atoms with van der Waals surface area (Å²) in [6, 6.07) is 0. The molecule has 0 aliphatic heterocycles. The summed E-state index contributed by atoms with van der Waals surface area (Å²) in [4.78, 5) is 0. The van der Waals surface area contributed by atoms with Gasteiger partial charge in [0, 0.05) is 0 Å².